The zero-order valence-corrected chi connectivity index (χ0v) is 17.5. The van der Waals surface area contributed by atoms with Gasteiger partial charge in [-0.1, -0.05) is 23.7 Å². The molecule has 1 aliphatic heterocycles. The van der Waals surface area contributed by atoms with Gasteiger partial charge >= 0.3 is 0 Å². The first-order valence-electron chi connectivity index (χ1n) is 8.86. The zero-order valence-electron chi connectivity index (χ0n) is 15.9. The first-order valence-corrected chi connectivity index (χ1v) is 10.7. The summed E-state index contributed by atoms with van der Waals surface area (Å²) in [6.07, 6.45) is 1.41. The van der Waals surface area contributed by atoms with Gasteiger partial charge < -0.3 is 4.90 Å². The first kappa shape index (κ1) is 20.6. The third kappa shape index (κ3) is 3.72. The maximum atomic E-state index is 13.3. The van der Waals surface area contributed by atoms with E-state index in [1.165, 1.54) is 17.3 Å². The van der Waals surface area contributed by atoms with Crippen molar-refractivity contribution in [2.24, 2.45) is 0 Å². The van der Waals surface area contributed by atoms with Gasteiger partial charge in [-0.15, -0.1) is 0 Å². The molecule has 150 valence electrons. The Morgan fingerprint density at radius 1 is 1.25 bits per heavy atom. The average Bonchev–Trinajstić information content (AvgIpc) is 3.14. The predicted octanol–water partition coefficient (Wildman–Crippen LogP) is 4.15. The number of hydrogen-bond acceptors (Lipinski definition) is 5. The molecule has 0 amide bonds. The van der Waals surface area contributed by atoms with Gasteiger partial charge in [0, 0.05) is 38.0 Å². The molecule has 0 bridgehead atoms. The van der Waals surface area contributed by atoms with Gasteiger partial charge in [0.05, 0.1) is 20.9 Å². The Kier molecular flexibility index (Phi) is 5.65. The van der Waals surface area contributed by atoms with Gasteiger partial charge in [0.15, 0.2) is 0 Å². The highest BCUT2D eigenvalue weighted by molar-refractivity contribution is 7.89. The van der Waals surface area contributed by atoms with Crippen LogP contribution in [-0.4, -0.2) is 38.3 Å². The molecule has 9 heteroatoms. The largest absolute Gasteiger partial charge is 0.378 e. The van der Waals surface area contributed by atoms with Crippen LogP contribution in [0.25, 0.3) is 0 Å². The summed E-state index contributed by atoms with van der Waals surface area (Å²) >= 11 is 6.09. The SMILES string of the molecule is Cc1c(Cl)cc(S(=O)(=O)N2CCCC2c2cccc(N(C)C)c2)cc1[N+](=O)[O-]. The van der Waals surface area contributed by atoms with Gasteiger partial charge in [-0.25, -0.2) is 8.42 Å². The van der Waals surface area contributed by atoms with Gasteiger partial charge in [0.25, 0.3) is 5.69 Å². The summed E-state index contributed by atoms with van der Waals surface area (Å²) in [5, 5.41) is 11.4. The van der Waals surface area contributed by atoms with E-state index in [4.69, 9.17) is 11.6 Å². The molecule has 2 aromatic rings. The number of nitro groups is 1. The highest BCUT2D eigenvalue weighted by atomic mass is 35.5. The lowest BCUT2D eigenvalue weighted by atomic mass is 10.0. The summed E-state index contributed by atoms with van der Waals surface area (Å²) in [7, 11) is -0.0810. The summed E-state index contributed by atoms with van der Waals surface area (Å²) in [5.41, 5.74) is 1.84. The lowest BCUT2D eigenvalue weighted by molar-refractivity contribution is -0.385. The van der Waals surface area contributed by atoms with Crippen LogP contribution in [0.15, 0.2) is 41.3 Å². The summed E-state index contributed by atoms with van der Waals surface area (Å²) in [4.78, 5) is 12.5. The van der Waals surface area contributed by atoms with Crippen molar-refractivity contribution in [3.8, 4) is 0 Å². The van der Waals surface area contributed by atoms with Gasteiger partial charge in [-0.05, 0) is 43.5 Å². The molecule has 1 unspecified atom stereocenters. The maximum absolute atomic E-state index is 13.3. The fourth-order valence-corrected chi connectivity index (χ4v) is 5.49. The molecule has 1 atom stereocenters. The van der Waals surface area contributed by atoms with Crippen LogP contribution in [0.5, 0.6) is 0 Å². The predicted molar refractivity (Wildman–Crippen MR) is 109 cm³/mol. The minimum absolute atomic E-state index is 0.0677. The molecule has 1 saturated heterocycles. The van der Waals surface area contributed by atoms with E-state index in [0.717, 1.165) is 23.7 Å². The second-order valence-electron chi connectivity index (χ2n) is 7.07. The van der Waals surface area contributed by atoms with Crippen molar-refractivity contribution in [2.75, 3.05) is 25.5 Å². The lowest BCUT2D eigenvalue weighted by Gasteiger charge is -2.25. The van der Waals surface area contributed by atoms with Crippen LogP contribution in [0, 0.1) is 17.0 Å². The molecule has 0 aromatic heterocycles. The number of halogens is 1. The molecular weight excluding hydrogens is 402 g/mol. The number of hydrogen-bond donors (Lipinski definition) is 0. The van der Waals surface area contributed by atoms with Crippen LogP contribution in [0.1, 0.15) is 30.0 Å². The first-order chi connectivity index (χ1) is 13.1. The van der Waals surface area contributed by atoms with Crippen molar-refractivity contribution in [3.05, 3.63) is 62.7 Å². The third-order valence-electron chi connectivity index (χ3n) is 5.07. The second kappa shape index (κ2) is 7.69. The van der Waals surface area contributed by atoms with Crippen LogP contribution >= 0.6 is 11.6 Å². The Morgan fingerprint density at radius 2 is 1.96 bits per heavy atom. The van der Waals surface area contributed by atoms with Crippen molar-refractivity contribution in [1.82, 2.24) is 4.31 Å². The quantitative estimate of drug-likeness (QED) is 0.532. The number of benzene rings is 2. The molecule has 28 heavy (non-hydrogen) atoms. The van der Waals surface area contributed by atoms with E-state index < -0.39 is 14.9 Å². The molecule has 1 heterocycles. The molecule has 2 aromatic carbocycles. The van der Waals surface area contributed by atoms with E-state index in [1.807, 2.05) is 43.3 Å². The van der Waals surface area contributed by atoms with Crippen LogP contribution < -0.4 is 4.90 Å². The summed E-state index contributed by atoms with van der Waals surface area (Å²) in [6, 6.07) is 9.83. The number of sulfonamides is 1. The Balaban J connectivity index is 2.04. The number of anilines is 1. The maximum Gasteiger partial charge on any atom is 0.275 e. The van der Waals surface area contributed by atoms with Gasteiger partial charge in [0.2, 0.25) is 10.0 Å². The summed E-state index contributed by atoms with van der Waals surface area (Å²) in [5.74, 6) is 0. The van der Waals surface area contributed by atoms with Crippen molar-refractivity contribution in [3.63, 3.8) is 0 Å². The Morgan fingerprint density at radius 3 is 2.61 bits per heavy atom. The number of nitrogens with zero attached hydrogens (tertiary/aromatic N) is 3. The van der Waals surface area contributed by atoms with Crippen molar-refractivity contribution >= 4 is 33.0 Å². The number of rotatable bonds is 5. The van der Waals surface area contributed by atoms with Gasteiger partial charge in [0.1, 0.15) is 0 Å². The van der Waals surface area contributed by atoms with E-state index in [9.17, 15) is 18.5 Å². The molecule has 0 N–H and O–H groups in total. The van der Waals surface area contributed by atoms with Crippen LogP contribution in [0.4, 0.5) is 11.4 Å². The number of nitro benzene ring substituents is 1. The molecule has 0 saturated carbocycles. The smallest absolute Gasteiger partial charge is 0.275 e. The van der Waals surface area contributed by atoms with Crippen molar-refractivity contribution < 1.29 is 13.3 Å². The van der Waals surface area contributed by atoms with Crippen molar-refractivity contribution in [1.29, 1.82) is 0 Å². The standard InChI is InChI=1S/C19H22ClN3O4S/c1-13-17(20)11-16(12-19(13)23(24)25)28(26,27)22-9-5-8-18(22)14-6-4-7-15(10-14)21(2)3/h4,6-7,10-12,18H,5,8-9H2,1-3H3. The second-order valence-corrected chi connectivity index (χ2v) is 9.37. The molecule has 1 aliphatic rings. The van der Waals surface area contributed by atoms with Gasteiger partial charge in [-0.2, -0.15) is 4.31 Å². The molecule has 7 nitrogen and oxygen atoms in total. The monoisotopic (exact) mass is 423 g/mol. The normalized spacial score (nSPS) is 17.6. The zero-order chi connectivity index (χ0) is 20.6. The highest BCUT2D eigenvalue weighted by Crippen LogP contribution is 2.39. The van der Waals surface area contributed by atoms with E-state index >= 15 is 0 Å². The van der Waals surface area contributed by atoms with Crippen LogP contribution in [-0.2, 0) is 10.0 Å². The average molecular weight is 424 g/mol. The molecule has 0 radical (unpaired) electrons. The fraction of sp³-hybridized carbons (Fsp3) is 0.368. The van der Waals surface area contributed by atoms with Crippen LogP contribution in [0.2, 0.25) is 5.02 Å². The third-order valence-corrected chi connectivity index (χ3v) is 7.35. The Hall–Kier alpha value is -2.16. The van der Waals surface area contributed by atoms with E-state index in [1.54, 1.807) is 0 Å². The van der Waals surface area contributed by atoms with E-state index in [0.29, 0.717) is 13.0 Å². The molecule has 3 rings (SSSR count). The Bertz CT molecular complexity index is 1020. The molecule has 1 fully saturated rings. The molecule has 0 aliphatic carbocycles. The van der Waals surface area contributed by atoms with Gasteiger partial charge in [-0.3, -0.25) is 10.1 Å². The Labute approximate surface area is 169 Å². The van der Waals surface area contributed by atoms with Crippen molar-refractivity contribution in [2.45, 2.75) is 30.7 Å². The van der Waals surface area contributed by atoms with E-state index in [-0.39, 0.29) is 27.2 Å². The molecule has 0 spiro atoms. The summed E-state index contributed by atoms with van der Waals surface area (Å²) in [6.45, 7) is 1.86. The van der Waals surface area contributed by atoms with Crippen LogP contribution in [0.3, 0.4) is 0 Å². The lowest BCUT2D eigenvalue weighted by Crippen LogP contribution is -2.31. The fourth-order valence-electron chi connectivity index (χ4n) is 3.49. The molecular formula is C19H22ClN3O4S. The minimum atomic E-state index is -3.93. The summed E-state index contributed by atoms with van der Waals surface area (Å²) < 4.78 is 28.0. The van der Waals surface area contributed by atoms with E-state index in [2.05, 4.69) is 0 Å². The highest BCUT2D eigenvalue weighted by Gasteiger charge is 2.37. The topological polar surface area (TPSA) is 83.8 Å². The minimum Gasteiger partial charge on any atom is -0.378 e.